The number of ether oxygens (including phenoxy) is 2. The fourth-order valence-electron chi connectivity index (χ4n) is 5.69. The summed E-state index contributed by atoms with van der Waals surface area (Å²) in [6, 6.07) is 8.48. The van der Waals surface area contributed by atoms with Crippen LogP contribution in [0.2, 0.25) is 0 Å². The molecular weight excluding hydrogens is 494 g/mol. The SMILES string of the molecule is Cc1ncnc2c1CCN2[C@@H]1C[C@H](/C=C/c2ccc3cc(Br)c(N)nc3c2)[C@H]2OC(C)(C)O[C@H]21. The number of hydrogen-bond acceptors (Lipinski definition) is 7. The quantitative estimate of drug-likeness (QED) is 0.536. The molecule has 2 aliphatic heterocycles. The van der Waals surface area contributed by atoms with Crippen molar-refractivity contribution < 1.29 is 9.47 Å². The van der Waals surface area contributed by atoms with Crippen LogP contribution in [0.4, 0.5) is 11.6 Å². The third-order valence-electron chi connectivity index (χ3n) is 7.25. The summed E-state index contributed by atoms with van der Waals surface area (Å²) < 4.78 is 13.7. The summed E-state index contributed by atoms with van der Waals surface area (Å²) in [5.41, 5.74) is 10.3. The Hall–Kier alpha value is -2.55. The van der Waals surface area contributed by atoms with E-state index >= 15 is 0 Å². The molecule has 0 radical (unpaired) electrons. The molecule has 34 heavy (non-hydrogen) atoms. The summed E-state index contributed by atoms with van der Waals surface area (Å²) in [5, 5.41) is 1.05. The highest BCUT2D eigenvalue weighted by Crippen LogP contribution is 2.46. The van der Waals surface area contributed by atoms with Gasteiger partial charge in [0.05, 0.1) is 22.1 Å². The van der Waals surface area contributed by atoms with Gasteiger partial charge in [0.2, 0.25) is 0 Å². The van der Waals surface area contributed by atoms with Crippen LogP contribution in [0.3, 0.4) is 0 Å². The molecule has 1 saturated carbocycles. The number of nitrogens with zero attached hydrogens (tertiary/aromatic N) is 4. The van der Waals surface area contributed by atoms with Gasteiger partial charge < -0.3 is 20.1 Å². The zero-order chi connectivity index (χ0) is 23.6. The second-order valence-corrected chi connectivity index (χ2v) is 10.8. The molecule has 6 rings (SSSR count). The molecular formula is C26H28BrN5O2. The lowest BCUT2D eigenvalue weighted by molar-refractivity contribution is -0.155. The third kappa shape index (κ3) is 3.68. The number of aromatic nitrogens is 3. The summed E-state index contributed by atoms with van der Waals surface area (Å²) >= 11 is 3.45. The average molecular weight is 522 g/mol. The first-order valence-electron chi connectivity index (χ1n) is 11.8. The van der Waals surface area contributed by atoms with Crippen LogP contribution in [0.15, 0.2) is 41.1 Å². The van der Waals surface area contributed by atoms with Gasteiger partial charge in [-0.05, 0) is 67.2 Å². The Morgan fingerprint density at radius 2 is 2.00 bits per heavy atom. The van der Waals surface area contributed by atoms with Crippen molar-refractivity contribution in [3.05, 3.63) is 58.0 Å². The maximum Gasteiger partial charge on any atom is 0.163 e. The van der Waals surface area contributed by atoms with E-state index in [1.54, 1.807) is 6.33 Å². The van der Waals surface area contributed by atoms with Gasteiger partial charge in [-0.2, -0.15) is 0 Å². The highest BCUT2D eigenvalue weighted by Gasteiger charge is 2.55. The first kappa shape index (κ1) is 21.9. The number of rotatable bonds is 3. The minimum Gasteiger partial charge on any atom is -0.383 e. The fraction of sp³-hybridized carbons (Fsp3) is 0.423. The van der Waals surface area contributed by atoms with Crippen molar-refractivity contribution in [3.63, 3.8) is 0 Å². The molecule has 7 nitrogen and oxygen atoms in total. The van der Waals surface area contributed by atoms with E-state index in [1.807, 2.05) is 19.9 Å². The molecule has 1 aromatic carbocycles. The van der Waals surface area contributed by atoms with Crippen LogP contribution in [0, 0.1) is 12.8 Å². The monoisotopic (exact) mass is 521 g/mol. The smallest absolute Gasteiger partial charge is 0.163 e. The summed E-state index contributed by atoms with van der Waals surface area (Å²) in [7, 11) is 0. The first-order valence-corrected chi connectivity index (χ1v) is 12.5. The number of aryl methyl sites for hydroxylation is 1. The highest BCUT2D eigenvalue weighted by atomic mass is 79.9. The number of halogens is 1. The molecule has 176 valence electrons. The zero-order valence-corrected chi connectivity index (χ0v) is 21.1. The Morgan fingerprint density at radius 1 is 1.18 bits per heavy atom. The number of anilines is 2. The summed E-state index contributed by atoms with van der Waals surface area (Å²) in [5.74, 6) is 1.20. The van der Waals surface area contributed by atoms with Crippen molar-refractivity contribution in [3.8, 4) is 0 Å². The van der Waals surface area contributed by atoms with Crippen LogP contribution in [0.1, 0.15) is 37.1 Å². The van der Waals surface area contributed by atoms with Crippen molar-refractivity contribution in [2.24, 2.45) is 5.92 Å². The van der Waals surface area contributed by atoms with Crippen LogP contribution in [0.25, 0.3) is 17.0 Å². The summed E-state index contributed by atoms with van der Waals surface area (Å²) in [6.45, 7) is 7.02. The van der Waals surface area contributed by atoms with Gasteiger partial charge in [0.15, 0.2) is 5.79 Å². The van der Waals surface area contributed by atoms with Gasteiger partial charge in [0, 0.05) is 29.1 Å². The largest absolute Gasteiger partial charge is 0.383 e. The van der Waals surface area contributed by atoms with E-state index in [2.05, 4.69) is 73.1 Å². The van der Waals surface area contributed by atoms with E-state index in [9.17, 15) is 0 Å². The van der Waals surface area contributed by atoms with E-state index < -0.39 is 5.79 Å². The lowest BCUT2D eigenvalue weighted by Crippen LogP contribution is -2.43. The second kappa shape index (κ2) is 8.00. The summed E-state index contributed by atoms with van der Waals surface area (Å²) in [4.78, 5) is 16.0. The Morgan fingerprint density at radius 3 is 2.85 bits per heavy atom. The van der Waals surface area contributed by atoms with Gasteiger partial charge in [-0.15, -0.1) is 0 Å². The summed E-state index contributed by atoms with van der Waals surface area (Å²) in [6.07, 6.45) is 8.05. The van der Waals surface area contributed by atoms with E-state index in [0.29, 0.717) is 5.82 Å². The van der Waals surface area contributed by atoms with E-state index in [-0.39, 0.29) is 24.2 Å². The molecule has 4 heterocycles. The number of hydrogen-bond donors (Lipinski definition) is 1. The normalized spacial score (nSPS) is 27.6. The number of nitrogens with two attached hydrogens (primary N) is 1. The first-order chi connectivity index (χ1) is 16.3. The minimum absolute atomic E-state index is 0.00119. The zero-order valence-electron chi connectivity index (χ0n) is 19.5. The molecule has 1 aliphatic carbocycles. The number of fused-ring (bicyclic) bond motifs is 3. The molecule has 3 aliphatic rings. The van der Waals surface area contributed by atoms with E-state index in [0.717, 1.165) is 51.8 Å². The Kier molecular flexibility index (Phi) is 5.17. The molecule has 0 spiro atoms. The van der Waals surface area contributed by atoms with Crippen LogP contribution < -0.4 is 10.6 Å². The van der Waals surface area contributed by atoms with Crippen LogP contribution in [-0.4, -0.2) is 45.5 Å². The molecule has 0 bridgehead atoms. The van der Waals surface area contributed by atoms with E-state index in [4.69, 9.17) is 15.2 Å². The Balaban J connectivity index is 1.29. The van der Waals surface area contributed by atoms with Crippen LogP contribution >= 0.6 is 15.9 Å². The maximum atomic E-state index is 6.44. The van der Waals surface area contributed by atoms with Gasteiger partial charge >= 0.3 is 0 Å². The minimum atomic E-state index is -0.595. The molecule has 0 amide bonds. The van der Waals surface area contributed by atoms with Crippen molar-refractivity contribution in [2.75, 3.05) is 17.2 Å². The van der Waals surface area contributed by atoms with Gasteiger partial charge in [-0.25, -0.2) is 15.0 Å². The highest BCUT2D eigenvalue weighted by molar-refractivity contribution is 9.10. The van der Waals surface area contributed by atoms with Gasteiger partial charge in [0.25, 0.3) is 0 Å². The van der Waals surface area contributed by atoms with Gasteiger partial charge in [0.1, 0.15) is 24.1 Å². The molecule has 2 aromatic heterocycles. The predicted molar refractivity (Wildman–Crippen MR) is 136 cm³/mol. The molecule has 2 fully saturated rings. The molecule has 0 unspecified atom stereocenters. The predicted octanol–water partition coefficient (Wildman–Crippen LogP) is 4.66. The average Bonchev–Trinajstić information content (AvgIpc) is 3.45. The standard InChI is InChI=1S/C26H28BrN5O2/c1-14-18-8-9-32(25(18)30-13-29-14)21-12-17(22-23(21)34-26(2,3)33-22)7-5-15-4-6-16-11-19(27)24(28)31-20(16)10-15/h4-7,10-11,13,17,21-23H,8-9,12H2,1-3H3,(H2,28,31)/b7-5+/t17-,21+,22+,23-/m0/s1. The van der Waals surface area contributed by atoms with Crippen molar-refractivity contribution in [2.45, 2.75) is 57.6 Å². The number of nitrogen functional groups attached to an aromatic ring is 1. The van der Waals surface area contributed by atoms with Crippen molar-refractivity contribution in [1.82, 2.24) is 15.0 Å². The third-order valence-corrected chi connectivity index (χ3v) is 7.88. The van der Waals surface area contributed by atoms with Gasteiger partial charge in [-0.3, -0.25) is 0 Å². The fourth-order valence-corrected chi connectivity index (χ4v) is 6.02. The molecule has 4 atom stereocenters. The maximum absolute atomic E-state index is 6.44. The number of pyridine rings is 1. The molecule has 8 heteroatoms. The lowest BCUT2D eigenvalue weighted by atomic mass is 10.0. The number of benzene rings is 1. The lowest BCUT2D eigenvalue weighted by Gasteiger charge is -2.31. The van der Waals surface area contributed by atoms with E-state index in [1.165, 1.54) is 5.56 Å². The Bertz CT molecular complexity index is 1310. The topological polar surface area (TPSA) is 86.4 Å². The molecule has 2 N–H and O–H groups in total. The molecule has 1 saturated heterocycles. The van der Waals surface area contributed by atoms with Gasteiger partial charge in [-0.1, -0.05) is 24.3 Å². The Labute approximate surface area is 207 Å². The van der Waals surface area contributed by atoms with Crippen molar-refractivity contribution in [1.29, 1.82) is 0 Å². The molecule has 3 aromatic rings. The van der Waals surface area contributed by atoms with Crippen LogP contribution in [-0.2, 0) is 15.9 Å². The second-order valence-electron chi connectivity index (χ2n) is 9.90. The van der Waals surface area contributed by atoms with Crippen molar-refractivity contribution >= 4 is 44.5 Å². The van der Waals surface area contributed by atoms with Crippen LogP contribution in [0.5, 0.6) is 0 Å².